The Morgan fingerprint density at radius 1 is 1.03 bits per heavy atom. The molecule has 0 saturated carbocycles. The molecule has 170 valence electrons. The largest absolute Gasteiger partial charge is 0.345 e. The molecule has 33 heavy (non-hydrogen) atoms. The van der Waals surface area contributed by atoms with Crippen molar-refractivity contribution in [2.45, 2.75) is 18.4 Å². The minimum atomic E-state index is -3.73. The van der Waals surface area contributed by atoms with Gasteiger partial charge in [0.25, 0.3) is 5.56 Å². The topological polar surface area (TPSA) is 121 Å². The number of H-pyrrole nitrogens is 1. The van der Waals surface area contributed by atoms with E-state index >= 15 is 0 Å². The maximum Gasteiger partial charge on any atom is 0.275 e. The third-order valence-electron chi connectivity index (χ3n) is 5.96. The van der Waals surface area contributed by atoms with Crippen LogP contribution in [0.4, 0.5) is 0 Å². The summed E-state index contributed by atoms with van der Waals surface area (Å²) in [6, 6.07) is 10.6. The first-order valence-electron chi connectivity index (χ1n) is 10.5. The summed E-state index contributed by atoms with van der Waals surface area (Å²) in [6.07, 6.45) is 3.04. The summed E-state index contributed by atoms with van der Waals surface area (Å²) in [5.41, 5.74) is 0.856. The van der Waals surface area contributed by atoms with Crippen LogP contribution >= 0.6 is 0 Å². The van der Waals surface area contributed by atoms with E-state index in [1.165, 1.54) is 15.2 Å². The fourth-order valence-electron chi connectivity index (χ4n) is 4.20. The highest BCUT2D eigenvalue weighted by Gasteiger charge is 2.32. The molecule has 11 heteroatoms. The second-order valence-electron chi connectivity index (χ2n) is 7.93. The predicted octanol–water partition coefficient (Wildman–Crippen LogP) is 1.11. The van der Waals surface area contributed by atoms with Crippen molar-refractivity contribution in [3.05, 3.63) is 64.8 Å². The Kier molecular flexibility index (Phi) is 5.22. The number of aromatic amines is 1. The van der Waals surface area contributed by atoms with Crippen molar-refractivity contribution in [2.24, 2.45) is 0 Å². The fourth-order valence-corrected chi connectivity index (χ4v) is 5.77. The first-order valence-corrected chi connectivity index (χ1v) is 12.0. The van der Waals surface area contributed by atoms with Gasteiger partial charge in [-0.1, -0.05) is 18.2 Å². The van der Waals surface area contributed by atoms with Gasteiger partial charge in [-0.2, -0.15) is 9.40 Å². The van der Waals surface area contributed by atoms with Gasteiger partial charge in [0.1, 0.15) is 17.1 Å². The highest BCUT2D eigenvalue weighted by atomic mass is 32.2. The quantitative estimate of drug-likeness (QED) is 0.481. The van der Waals surface area contributed by atoms with E-state index in [2.05, 4.69) is 15.1 Å². The highest BCUT2D eigenvalue weighted by molar-refractivity contribution is 7.89. The Balaban J connectivity index is 1.30. The van der Waals surface area contributed by atoms with Crippen molar-refractivity contribution in [3.8, 4) is 0 Å². The van der Waals surface area contributed by atoms with Crippen LogP contribution in [0.5, 0.6) is 0 Å². The number of piperazine rings is 1. The van der Waals surface area contributed by atoms with Crippen molar-refractivity contribution < 1.29 is 13.2 Å². The zero-order chi connectivity index (χ0) is 23.2. The molecule has 1 amide bonds. The van der Waals surface area contributed by atoms with Crippen LogP contribution < -0.4 is 5.56 Å². The van der Waals surface area contributed by atoms with E-state index in [0.717, 1.165) is 5.39 Å². The number of amides is 1. The third-order valence-corrected chi connectivity index (χ3v) is 7.90. The number of nitrogens with one attached hydrogen (secondary N) is 1. The molecular weight excluding hydrogens is 444 g/mol. The Morgan fingerprint density at radius 3 is 2.48 bits per heavy atom. The summed E-state index contributed by atoms with van der Waals surface area (Å²) in [7, 11) is -3.73. The molecule has 0 spiro atoms. The van der Waals surface area contributed by atoms with Crippen LogP contribution in [0.1, 0.15) is 5.69 Å². The first kappa shape index (κ1) is 21.3. The second-order valence-corrected chi connectivity index (χ2v) is 9.84. The van der Waals surface area contributed by atoms with Crippen LogP contribution in [-0.4, -0.2) is 69.5 Å². The number of carbonyl (C=O) groups excluding carboxylic acids is 1. The minimum absolute atomic E-state index is 0.167. The lowest BCUT2D eigenvalue weighted by molar-refractivity contribution is -0.133. The molecule has 5 rings (SSSR count). The van der Waals surface area contributed by atoms with Gasteiger partial charge in [0.05, 0.1) is 11.1 Å². The van der Waals surface area contributed by atoms with Gasteiger partial charge in [-0.25, -0.2) is 18.1 Å². The zero-order valence-corrected chi connectivity index (χ0v) is 18.7. The van der Waals surface area contributed by atoms with Crippen LogP contribution in [0.2, 0.25) is 0 Å². The average molecular weight is 467 g/mol. The highest BCUT2D eigenvalue weighted by Crippen LogP contribution is 2.25. The predicted molar refractivity (Wildman–Crippen MR) is 122 cm³/mol. The number of hydrogen-bond donors (Lipinski definition) is 1. The Labute approximate surface area is 189 Å². The van der Waals surface area contributed by atoms with Crippen molar-refractivity contribution in [2.75, 3.05) is 26.2 Å². The smallest absolute Gasteiger partial charge is 0.275 e. The Hall–Kier alpha value is -3.57. The van der Waals surface area contributed by atoms with Gasteiger partial charge in [-0.05, 0) is 25.1 Å². The molecule has 10 nitrogen and oxygen atoms in total. The van der Waals surface area contributed by atoms with E-state index < -0.39 is 10.0 Å². The van der Waals surface area contributed by atoms with E-state index in [9.17, 15) is 18.0 Å². The number of fused-ring (bicyclic) bond motifs is 2. The maximum atomic E-state index is 13.2. The van der Waals surface area contributed by atoms with Gasteiger partial charge in [0.2, 0.25) is 15.9 Å². The molecule has 1 aromatic carbocycles. The molecule has 1 N–H and O–H groups in total. The minimum Gasteiger partial charge on any atom is -0.345 e. The molecule has 4 aromatic rings. The summed E-state index contributed by atoms with van der Waals surface area (Å²) in [4.78, 5) is 34.4. The Morgan fingerprint density at radius 2 is 1.73 bits per heavy atom. The lowest BCUT2D eigenvalue weighted by atomic mass is 10.1. The van der Waals surface area contributed by atoms with Crippen molar-refractivity contribution in [1.82, 2.24) is 29.0 Å². The number of aromatic nitrogens is 4. The summed E-state index contributed by atoms with van der Waals surface area (Å²) >= 11 is 0. The number of carbonyl (C=O) groups is 1. The number of sulfonamides is 1. The van der Waals surface area contributed by atoms with Gasteiger partial charge in [0.15, 0.2) is 0 Å². The summed E-state index contributed by atoms with van der Waals surface area (Å²) in [5.74, 6) is -0.271. The molecular formula is C22H22N6O4S. The van der Waals surface area contributed by atoms with Crippen molar-refractivity contribution >= 4 is 37.7 Å². The number of nitrogens with zero attached hydrogens (tertiary/aromatic N) is 5. The van der Waals surface area contributed by atoms with E-state index in [0.29, 0.717) is 22.1 Å². The van der Waals surface area contributed by atoms with Crippen LogP contribution in [0.15, 0.2) is 58.5 Å². The van der Waals surface area contributed by atoms with Gasteiger partial charge in [-0.15, -0.1) is 0 Å². The van der Waals surface area contributed by atoms with E-state index in [1.807, 2.05) is 12.1 Å². The van der Waals surface area contributed by atoms with Crippen LogP contribution in [0.25, 0.3) is 21.8 Å². The van der Waals surface area contributed by atoms with Crippen molar-refractivity contribution in [3.63, 3.8) is 0 Å². The molecule has 0 aliphatic carbocycles. The van der Waals surface area contributed by atoms with E-state index in [4.69, 9.17) is 0 Å². The number of rotatable bonds is 4. The lowest BCUT2D eigenvalue weighted by Gasteiger charge is -2.34. The SMILES string of the molecule is Cc1nn(CC(=O)N2CCN(S(=O)(=O)c3c[nH]c4ncccc34)CC2)c(=O)c2ccccc12. The molecule has 0 bridgehead atoms. The number of pyridine rings is 1. The zero-order valence-electron chi connectivity index (χ0n) is 17.9. The van der Waals surface area contributed by atoms with Crippen LogP contribution in [0.3, 0.4) is 0 Å². The molecule has 1 aliphatic heterocycles. The number of aryl methyl sites for hydroxylation is 1. The standard InChI is InChI=1S/C22H22N6O4S/c1-15-16-5-2-3-6-17(16)22(30)28(25-15)14-20(29)26-9-11-27(12-10-26)33(31,32)19-13-24-21-18(19)7-4-8-23-21/h2-8,13H,9-12,14H2,1H3,(H,23,24). The molecule has 0 unspecified atom stereocenters. The fraction of sp³-hybridized carbons (Fsp3) is 0.273. The van der Waals surface area contributed by atoms with Crippen LogP contribution in [-0.2, 0) is 21.4 Å². The van der Waals surface area contributed by atoms with Gasteiger partial charge < -0.3 is 9.88 Å². The van der Waals surface area contributed by atoms with Gasteiger partial charge in [0, 0.05) is 49.3 Å². The first-order chi connectivity index (χ1) is 15.9. The summed E-state index contributed by atoms with van der Waals surface area (Å²) < 4.78 is 28.9. The lowest BCUT2D eigenvalue weighted by Crippen LogP contribution is -2.51. The Bertz CT molecular complexity index is 1530. The molecule has 1 saturated heterocycles. The summed E-state index contributed by atoms with van der Waals surface area (Å²) in [6.45, 7) is 2.41. The van der Waals surface area contributed by atoms with Crippen LogP contribution in [0, 0.1) is 6.92 Å². The number of benzene rings is 1. The number of hydrogen-bond acceptors (Lipinski definition) is 6. The van der Waals surface area contributed by atoms with Crippen molar-refractivity contribution in [1.29, 1.82) is 0 Å². The average Bonchev–Trinajstić information content (AvgIpc) is 3.27. The second kappa shape index (κ2) is 8.09. The molecule has 0 radical (unpaired) electrons. The molecule has 1 fully saturated rings. The normalized spacial score (nSPS) is 15.4. The van der Waals surface area contributed by atoms with E-state index in [1.54, 1.807) is 42.3 Å². The summed E-state index contributed by atoms with van der Waals surface area (Å²) in [5, 5.41) is 6.11. The maximum absolute atomic E-state index is 13.2. The molecule has 1 aliphatic rings. The van der Waals surface area contributed by atoms with E-state index in [-0.39, 0.29) is 49.1 Å². The molecule has 3 aromatic heterocycles. The van der Waals surface area contributed by atoms with Gasteiger partial charge >= 0.3 is 0 Å². The molecule has 0 atom stereocenters. The third kappa shape index (κ3) is 3.68. The monoisotopic (exact) mass is 466 g/mol. The van der Waals surface area contributed by atoms with Gasteiger partial charge in [-0.3, -0.25) is 9.59 Å². The molecule has 4 heterocycles.